The van der Waals surface area contributed by atoms with E-state index in [2.05, 4.69) is 10.3 Å². The summed E-state index contributed by atoms with van der Waals surface area (Å²) in [5.74, 6) is -0.823. The van der Waals surface area contributed by atoms with Crippen LogP contribution in [0.25, 0.3) is 10.2 Å². The zero-order valence-electron chi connectivity index (χ0n) is 15.6. The molecule has 0 radical (unpaired) electrons. The Morgan fingerprint density at radius 2 is 1.81 bits per heavy atom. The normalized spacial score (nSPS) is 12.1. The average molecular weight is 382 g/mol. The fourth-order valence-corrected chi connectivity index (χ4v) is 3.63. The van der Waals surface area contributed by atoms with Crippen molar-refractivity contribution in [2.45, 2.75) is 33.4 Å². The zero-order chi connectivity index (χ0) is 19.4. The van der Waals surface area contributed by atoms with Crippen molar-refractivity contribution in [2.75, 3.05) is 0 Å². The molecule has 0 spiro atoms. The molecule has 1 N–H and O–H groups in total. The van der Waals surface area contributed by atoms with E-state index in [4.69, 9.17) is 4.74 Å². The van der Waals surface area contributed by atoms with Crippen molar-refractivity contribution in [3.05, 3.63) is 64.7 Å². The van der Waals surface area contributed by atoms with Gasteiger partial charge in [-0.15, -0.1) is 11.3 Å². The Balaban J connectivity index is 1.66. The van der Waals surface area contributed by atoms with Gasteiger partial charge >= 0.3 is 5.97 Å². The minimum absolute atomic E-state index is 0.0964. The predicted molar refractivity (Wildman–Crippen MR) is 107 cm³/mol. The lowest BCUT2D eigenvalue weighted by molar-refractivity contribution is -0.148. The van der Waals surface area contributed by atoms with E-state index in [1.54, 1.807) is 12.1 Å². The molecule has 140 valence electrons. The first-order chi connectivity index (χ1) is 13.0. The van der Waals surface area contributed by atoms with E-state index >= 15 is 0 Å². The van der Waals surface area contributed by atoms with Crippen LogP contribution in [0.1, 0.15) is 34.8 Å². The molecule has 27 heavy (non-hydrogen) atoms. The number of amides is 1. The number of carbonyl (C=O) groups excluding carboxylic acids is 2. The second-order valence-electron chi connectivity index (χ2n) is 6.69. The summed E-state index contributed by atoms with van der Waals surface area (Å²) in [5.41, 5.74) is 2.31. The van der Waals surface area contributed by atoms with Crippen LogP contribution in [0.5, 0.6) is 0 Å². The minimum Gasteiger partial charge on any atom is -0.457 e. The van der Waals surface area contributed by atoms with Gasteiger partial charge in [0.05, 0.1) is 10.2 Å². The number of nitrogens with one attached hydrogen (secondary N) is 1. The number of hydrogen-bond donors (Lipinski definition) is 1. The molecule has 1 heterocycles. The number of ether oxygens (including phenoxy) is 1. The number of thiazole rings is 1. The first-order valence-corrected chi connectivity index (χ1v) is 9.65. The maximum absolute atomic E-state index is 12.6. The van der Waals surface area contributed by atoms with Gasteiger partial charge in [-0.1, -0.05) is 44.2 Å². The van der Waals surface area contributed by atoms with Crippen molar-refractivity contribution in [1.82, 2.24) is 10.3 Å². The topological polar surface area (TPSA) is 68.3 Å². The summed E-state index contributed by atoms with van der Waals surface area (Å²) in [6.45, 7) is 5.72. The van der Waals surface area contributed by atoms with Crippen LogP contribution >= 0.6 is 11.3 Å². The molecule has 0 saturated carbocycles. The fraction of sp³-hybridized carbons (Fsp3) is 0.286. The van der Waals surface area contributed by atoms with Crippen LogP contribution in [0, 0.1) is 12.8 Å². The van der Waals surface area contributed by atoms with Crippen LogP contribution in [-0.2, 0) is 16.1 Å². The van der Waals surface area contributed by atoms with Gasteiger partial charge in [0.25, 0.3) is 5.91 Å². The summed E-state index contributed by atoms with van der Waals surface area (Å²) in [6.07, 6.45) is 0. The van der Waals surface area contributed by atoms with Crippen molar-refractivity contribution in [3.8, 4) is 0 Å². The maximum atomic E-state index is 12.6. The van der Waals surface area contributed by atoms with E-state index in [1.165, 1.54) is 11.3 Å². The fourth-order valence-electron chi connectivity index (χ4n) is 2.75. The van der Waals surface area contributed by atoms with E-state index in [9.17, 15) is 9.59 Å². The zero-order valence-corrected chi connectivity index (χ0v) is 16.4. The molecule has 1 atom stereocenters. The highest BCUT2D eigenvalue weighted by Gasteiger charge is 2.27. The van der Waals surface area contributed by atoms with Crippen LogP contribution in [0.15, 0.2) is 48.5 Å². The van der Waals surface area contributed by atoms with E-state index in [-0.39, 0.29) is 18.4 Å². The van der Waals surface area contributed by atoms with E-state index in [0.717, 1.165) is 20.8 Å². The molecular weight excluding hydrogens is 360 g/mol. The minimum atomic E-state index is -0.716. The number of fused-ring (bicyclic) bond motifs is 1. The van der Waals surface area contributed by atoms with E-state index < -0.39 is 12.0 Å². The maximum Gasteiger partial charge on any atom is 0.329 e. The smallest absolute Gasteiger partial charge is 0.329 e. The first-order valence-electron chi connectivity index (χ1n) is 8.83. The quantitative estimate of drug-likeness (QED) is 0.652. The molecule has 0 aliphatic heterocycles. The molecule has 5 nitrogen and oxygen atoms in total. The number of hydrogen-bond acceptors (Lipinski definition) is 5. The molecule has 1 amide bonds. The Bertz CT molecular complexity index is 932. The molecule has 6 heteroatoms. The van der Waals surface area contributed by atoms with Gasteiger partial charge in [0.15, 0.2) is 0 Å². The highest BCUT2D eigenvalue weighted by atomic mass is 32.1. The molecule has 3 rings (SSSR count). The number of para-hydroxylation sites is 1. The number of esters is 1. The van der Waals surface area contributed by atoms with Gasteiger partial charge in [-0.2, -0.15) is 0 Å². The molecule has 2 aromatic carbocycles. The molecule has 0 fully saturated rings. The van der Waals surface area contributed by atoms with Crippen molar-refractivity contribution in [2.24, 2.45) is 5.92 Å². The lowest BCUT2D eigenvalue weighted by Crippen LogP contribution is -2.45. The van der Waals surface area contributed by atoms with Gasteiger partial charge < -0.3 is 10.1 Å². The number of nitrogens with zero attached hydrogens (tertiary/aromatic N) is 1. The highest BCUT2D eigenvalue weighted by molar-refractivity contribution is 7.18. The highest BCUT2D eigenvalue weighted by Crippen LogP contribution is 2.22. The van der Waals surface area contributed by atoms with Crippen molar-refractivity contribution in [1.29, 1.82) is 0 Å². The number of aromatic nitrogens is 1. The lowest BCUT2D eigenvalue weighted by Gasteiger charge is -2.21. The van der Waals surface area contributed by atoms with Gasteiger partial charge in [0.1, 0.15) is 17.7 Å². The van der Waals surface area contributed by atoms with Gasteiger partial charge in [0, 0.05) is 5.56 Å². The Kier molecular flexibility index (Phi) is 5.86. The second kappa shape index (κ2) is 8.31. The molecule has 0 aliphatic carbocycles. The Morgan fingerprint density at radius 1 is 1.11 bits per heavy atom. The van der Waals surface area contributed by atoms with Gasteiger partial charge in [0.2, 0.25) is 0 Å². The van der Waals surface area contributed by atoms with Crippen molar-refractivity contribution >= 4 is 33.4 Å². The third kappa shape index (κ3) is 4.52. The SMILES string of the molecule is Cc1ccccc1C(=O)N[C@H](C(=O)OCc1nc2ccccc2s1)C(C)C. The third-order valence-electron chi connectivity index (χ3n) is 4.27. The molecule has 0 bridgehead atoms. The van der Waals surface area contributed by atoms with Gasteiger partial charge in [-0.05, 0) is 36.6 Å². The Morgan fingerprint density at radius 3 is 2.52 bits per heavy atom. The third-order valence-corrected chi connectivity index (χ3v) is 5.28. The molecule has 1 aromatic heterocycles. The van der Waals surface area contributed by atoms with Crippen LogP contribution < -0.4 is 5.32 Å². The van der Waals surface area contributed by atoms with Crippen molar-refractivity contribution < 1.29 is 14.3 Å². The summed E-state index contributed by atoms with van der Waals surface area (Å²) in [6, 6.07) is 14.4. The summed E-state index contributed by atoms with van der Waals surface area (Å²) in [4.78, 5) is 29.6. The van der Waals surface area contributed by atoms with Gasteiger partial charge in [-0.25, -0.2) is 9.78 Å². The van der Waals surface area contributed by atoms with Crippen LogP contribution in [0.4, 0.5) is 0 Å². The number of rotatable bonds is 6. The molecule has 0 unspecified atom stereocenters. The van der Waals surface area contributed by atoms with Crippen LogP contribution in [0.2, 0.25) is 0 Å². The summed E-state index contributed by atoms with van der Waals surface area (Å²) in [5, 5.41) is 3.54. The molecule has 0 saturated heterocycles. The standard InChI is InChI=1S/C21H22N2O3S/c1-13(2)19(23-20(24)15-9-5-4-8-14(15)3)21(25)26-12-18-22-16-10-6-7-11-17(16)27-18/h4-11,13,19H,12H2,1-3H3,(H,23,24)/t19-/m0/s1. The molecule has 3 aromatic rings. The second-order valence-corrected chi connectivity index (χ2v) is 7.81. The Labute approximate surface area is 162 Å². The molecular formula is C21H22N2O3S. The first kappa shape index (κ1) is 19.0. The number of aryl methyl sites for hydroxylation is 1. The number of benzene rings is 2. The average Bonchev–Trinajstić information content (AvgIpc) is 3.07. The van der Waals surface area contributed by atoms with Crippen molar-refractivity contribution in [3.63, 3.8) is 0 Å². The monoisotopic (exact) mass is 382 g/mol. The summed E-state index contributed by atoms with van der Waals surface area (Å²) in [7, 11) is 0. The predicted octanol–water partition coefficient (Wildman–Crippen LogP) is 4.10. The van der Waals surface area contributed by atoms with Gasteiger partial charge in [-0.3, -0.25) is 4.79 Å². The van der Waals surface area contributed by atoms with Crippen LogP contribution in [0.3, 0.4) is 0 Å². The summed E-state index contributed by atoms with van der Waals surface area (Å²) >= 11 is 1.50. The van der Waals surface area contributed by atoms with E-state index in [0.29, 0.717) is 5.56 Å². The largest absolute Gasteiger partial charge is 0.457 e. The lowest BCUT2D eigenvalue weighted by atomic mass is 10.0. The number of carbonyl (C=O) groups is 2. The Hall–Kier alpha value is -2.73. The van der Waals surface area contributed by atoms with E-state index in [1.807, 2.05) is 57.2 Å². The van der Waals surface area contributed by atoms with Crippen LogP contribution in [-0.4, -0.2) is 22.9 Å². The summed E-state index contributed by atoms with van der Waals surface area (Å²) < 4.78 is 6.49. The molecule has 0 aliphatic rings.